The Morgan fingerprint density at radius 2 is 2.04 bits per heavy atom. The fourth-order valence-electron chi connectivity index (χ4n) is 2.52. The third-order valence-corrected chi connectivity index (χ3v) is 4.93. The zero-order valence-corrected chi connectivity index (χ0v) is 17.6. The van der Waals surface area contributed by atoms with Gasteiger partial charge in [0.25, 0.3) is 0 Å². The maximum Gasteiger partial charge on any atom is 0.194 e. The summed E-state index contributed by atoms with van der Waals surface area (Å²) in [6.07, 6.45) is 0. The van der Waals surface area contributed by atoms with E-state index in [1.165, 1.54) is 5.56 Å². The predicted molar refractivity (Wildman–Crippen MR) is 111 cm³/mol. The van der Waals surface area contributed by atoms with Crippen LogP contribution in [0.2, 0.25) is 0 Å². The number of benzene rings is 1. The minimum Gasteiger partial charge on any atom is -0.497 e. The van der Waals surface area contributed by atoms with Crippen molar-refractivity contribution in [1.29, 1.82) is 0 Å². The summed E-state index contributed by atoms with van der Waals surface area (Å²) in [6, 6.07) is 8.11. The Morgan fingerprint density at radius 3 is 2.61 bits per heavy atom. The van der Waals surface area contributed by atoms with Crippen LogP contribution in [0, 0.1) is 0 Å². The van der Waals surface area contributed by atoms with Crippen molar-refractivity contribution in [1.82, 2.24) is 10.2 Å². The Labute approximate surface area is 161 Å². The second kappa shape index (κ2) is 9.61. The molecule has 0 aromatic heterocycles. The second-order valence-electron chi connectivity index (χ2n) is 6.05. The van der Waals surface area contributed by atoms with Gasteiger partial charge in [-0.15, -0.1) is 24.0 Å². The highest BCUT2D eigenvalue weighted by Crippen LogP contribution is 2.29. The predicted octanol–water partition coefficient (Wildman–Crippen LogP) is 3.61. The van der Waals surface area contributed by atoms with Gasteiger partial charge in [0, 0.05) is 30.1 Å². The van der Waals surface area contributed by atoms with Crippen molar-refractivity contribution in [2.75, 3.05) is 32.5 Å². The number of methoxy groups -OCH3 is 1. The summed E-state index contributed by atoms with van der Waals surface area (Å²) >= 11 is 2.04. The number of ether oxygens (including phenoxy) is 1. The van der Waals surface area contributed by atoms with Crippen LogP contribution < -0.4 is 10.1 Å². The van der Waals surface area contributed by atoms with Crippen LogP contribution in [-0.2, 0) is 6.54 Å². The second-order valence-corrected chi connectivity index (χ2v) is 7.85. The van der Waals surface area contributed by atoms with E-state index in [1.807, 2.05) is 23.9 Å². The first-order chi connectivity index (χ1) is 10.5. The molecule has 0 unspecified atom stereocenters. The van der Waals surface area contributed by atoms with Gasteiger partial charge >= 0.3 is 0 Å². The molecule has 1 aromatic rings. The first-order valence-corrected chi connectivity index (χ1v) is 8.83. The van der Waals surface area contributed by atoms with E-state index in [-0.39, 0.29) is 28.7 Å². The van der Waals surface area contributed by atoms with E-state index in [4.69, 9.17) is 9.73 Å². The number of hydrogen-bond donors (Lipinski definition) is 1. The number of guanidine groups is 1. The molecule has 0 bridgehead atoms. The van der Waals surface area contributed by atoms with Gasteiger partial charge < -0.3 is 15.0 Å². The van der Waals surface area contributed by atoms with E-state index >= 15 is 0 Å². The lowest BCUT2D eigenvalue weighted by molar-refractivity contribution is 0.376. The van der Waals surface area contributed by atoms with Crippen LogP contribution in [0.1, 0.15) is 26.3 Å². The van der Waals surface area contributed by atoms with Gasteiger partial charge in [-0.1, -0.05) is 12.1 Å². The largest absolute Gasteiger partial charge is 0.497 e. The van der Waals surface area contributed by atoms with Crippen molar-refractivity contribution in [3.05, 3.63) is 29.8 Å². The normalized spacial score (nSPS) is 17.4. The average Bonchev–Trinajstić information content (AvgIpc) is 2.51. The molecule has 1 heterocycles. The van der Waals surface area contributed by atoms with Gasteiger partial charge in [0.2, 0.25) is 0 Å². The van der Waals surface area contributed by atoms with Crippen molar-refractivity contribution in [2.45, 2.75) is 32.1 Å². The van der Waals surface area contributed by atoms with E-state index in [9.17, 15) is 0 Å². The molecule has 4 nitrogen and oxygen atoms in total. The third kappa shape index (κ3) is 6.41. The molecule has 0 saturated carbocycles. The van der Waals surface area contributed by atoms with Crippen LogP contribution in [0.15, 0.2) is 29.3 Å². The number of aliphatic imine (C=N–C) groups is 1. The molecular formula is C17H28IN3OS. The molecule has 1 N–H and O–H groups in total. The topological polar surface area (TPSA) is 36.9 Å². The van der Waals surface area contributed by atoms with Crippen LogP contribution in [0.25, 0.3) is 0 Å². The van der Waals surface area contributed by atoms with Crippen LogP contribution in [-0.4, -0.2) is 48.1 Å². The summed E-state index contributed by atoms with van der Waals surface area (Å²) in [7, 11) is 1.69. The summed E-state index contributed by atoms with van der Waals surface area (Å²) in [5.41, 5.74) is 1.20. The van der Waals surface area contributed by atoms with Gasteiger partial charge in [-0.05, 0) is 38.5 Å². The summed E-state index contributed by atoms with van der Waals surface area (Å²) in [5, 5.41) is 3.42. The van der Waals surface area contributed by atoms with Crippen LogP contribution >= 0.6 is 35.7 Å². The highest BCUT2D eigenvalue weighted by atomic mass is 127. The molecule has 0 radical (unpaired) electrons. The van der Waals surface area contributed by atoms with Gasteiger partial charge in [0.1, 0.15) is 5.75 Å². The number of rotatable bonds is 4. The molecule has 1 aliphatic heterocycles. The third-order valence-electron chi connectivity index (χ3n) is 3.63. The van der Waals surface area contributed by atoms with E-state index < -0.39 is 0 Å². The van der Waals surface area contributed by atoms with Crippen LogP contribution in [0.4, 0.5) is 0 Å². The molecule has 1 aromatic carbocycles. The molecule has 0 atom stereocenters. The number of thioether (sulfide) groups is 1. The number of nitrogens with zero attached hydrogens (tertiary/aromatic N) is 2. The number of hydrogen-bond acceptors (Lipinski definition) is 3. The molecule has 0 amide bonds. The Kier molecular flexibility index (Phi) is 8.53. The monoisotopic (exact) mass is 449 g/mol. The van der Waals surface area contributed by atoms with Crippen molar-refractivity contribution in [3.8, 4) is 5.75 Å². The smallest absolute Gasteiger partial charge is 0.194 e. The van der Waals surface area contributed by atoms with Crippen molar-refractivity contribution in [3.63, 3.8) is 0 Å². The molecular weight excluding hydrogens is 421 g/mol. The van der Waals surface area contributed by atoms with E-state index in [0.29, 0.717) is 6.54 Å². The molecule has 2 rings (SSSR count). The van der Waals surface area contributed by atoms with E-state index in [0.717, 1.165) is 37.1 Å². The Balaban J connectivity index is 0.00000264. The first-order valence-electron chi connectivity index (χ1n) is 7.84. The van der Waals surface area contributed by atoms with E-state index in [1.54, 1.807) is 7.11 Å². The molecule has 0 aliphatic carbocycles. The SMILES string of the molecule is CCNC(=NCc1ccc(OC)cc1)N1CCSC(C)(C)C1.I. The lowest BCUT2D eigenvalue weighted by Gasteiger charge is -2.39. The van der Waals surface area contributed by atoms with Gasteiger partial charge in [0.15, 0.2) is 5.96 Å². The number of nitrogens with one attached hydrogen (secondary N) is 1. The Bertz CT molecular complexity index is 505. The molecule has 23 heavy (non-hydrogen) atoms. The number of halogens is 1. The van der Waals surface area contributed by atoms with Gasteiger partial charge in [0.05, 0.1) is 13.7 Å². The van der Waals surface area contributed by atoms with Gasteiger partial charge in [-0.2, -0.15) is 11.8 Å². The minimum absolute atomic E-state index is 0. The van der Waals surface area contributed by atoms with Crippen molar-refractivity contribution in [2.24, 2.45) is 4.99 Å². The summed E-state index contributed by atoms with van der Waals surface area (Å²) in [5.74, 6) is 3.06. The molecule has 130 valence electrons. The fourth-order valence-corrected chi connectivity index (χ4v) is 3.63. The first kappa shape index (κ1) is 20.4. The van der Waals surface area contributed by atoms with Crippen molar-refractivity contribution >= 4 is 41.7 Å². The molecule has 0 spiro atoms. The van der Waals surface area contributed by atoms with Crippen LogP contribution in [0.3, 0.4) is 0 Å². The molecule has 1 saturated heterocycles. The lowest BCUT2D eigenvalue weighted by atomic mass is 10.2. The van der Waals surface area contributed by atoms with Gasteiger partial charge in [-0.3, -0.25) is 0 Å². The summed E-state index contributed by atoms with van der Waals surface area (Å²) in [6.45, 7) is 10.4. The molecule has 1 aliphatic rings. The fraction of sp³-hybridized carbons (Fsp3) is 0.588. The maximum atomic E-state index is 5.19. The van der Waals surface area contributed by atoms with Gasteiger partial charge in [-0.25, -0.2) is 4.99 Å². The highest BCUT2D eigenvalue weighted by Gasteiger charge is 2.28. The summed E-state index contributed by atoms with van der Waals surface area (Å²) in [4.78, 5) is 7.19. The Hall–Kier alpha value is -0.630. The maximum absolute atomic E-state index is 5.19. The zero-order chi connectivity index (χ0) is 16.0. The Morgan fingerprint density at radius 1 is 1.35 bits per heavy atom. The minimum atomic E-state index is 0. The standard InChI is InChI=1S/C17H27N3OS.HI/c1-5-18-16(20-10-11-22-17(2,3)13-20)19-12-14-6-8-15(21-4)9-7-14;/h6-9H,5,10-13H2,1-4H3,(H,18,19);1H. The molecule has 1 fully saturated rings. The lowest BCUT2D eigenvalue weighted by Crippen LogP contribution is -2.50. The zero-order valence-electron chi connectivity index (χ0n) is 14.5. The molecule has 6 heteroatoms. The quantitative estimate of drug-likeness (QED) is 0.433. The van der Waals surface area contributed by atoms with Crippen molar-refractivity contribution < 1.29 is 4.74 Å². The van der Waals surface area contributed by atoms with Crippen LogP contribution in [0.5, 0.6) is 5.75 Å². The van der Waals surface area contributed by atoms with E-state index in [2.05, 4.69) is 43.1 Å². The highest BCUT2D eigenvalue weighted by molar-refractivity contribution is 14.0. The average molecular weight is 449 g/mol. The summed E-state index contributed by atoms with van der Waals surface area (Å²) < 4.78 is 5.48.